The Morgan fingerprint density at radius 2 is 2.22 bits per heavy atom. The largest absolute Gasteiger partial charge is 0.357 e. The van der Waals surface area contributed by atoms with Crippen molar-refractivity contribution in [1.82, 2.24) is 20.0 Å². The molecule has 1 fully saturated rings. The van der Waals surface area contributed by atoms with Gasteiger partial charge in [-0.2, -0.15) is 5.10 Å². The van der Waals surface area contributed by atoms with Crippen LogP contribution in [0.25, 0.3) is 0 Å². The maximum Gasteiger partial charge on any atom is 0.193 e. The highest BCUT2D eigenvalue weighted by molar-refractivity contribution is 5.80. The van der Waals surface area contributed by atoms with E-state index in [1.807, 2.05) is 23.1 Å². The molecule has 0 aromatic carbocycles. The second-order valence-corrected chi connectivity index (χ2v) is 4.55. The van der Waals surface area contributed by atoms with Crippen LogP contribution < -0.4 is 5.32 Å². The lowest BCUT2D eigenvalue weighted by Gasteiger charge is -2.20. The zero-order valence-electron chi connectivity index (χ0n) is 11.2. The molecule has 0 radical (unpaired) electrons. The van der Waals surface area contributed by atoms with Crippen LogP contribution in [0.5, 0.6) is 0 Å². The Kier molecular flexibility index (Phi) is 5.05. The van der Waals surface area contributed by atoms with Crippen molar-refractivity contribution >= 4 is 5.96 Å². The second-order valence-electron chi connectivity index (χ2n) is 4.55. The van der Waals surface area contributed by atoms with Crippen molar-refractivity contribution in [3.8, 4) is 0 Å². The summed E-state index contributed by atoms with van der Waals surface area (Å²) in [6.07, 6.45) is 7.42. The molecule has 1 N–H and O–H groups in total. The van der Waals surface area contributed by atoms with E-state index in [4.69, 9.17) is 0 Å². The molecule has 2 rings (SSSR count). The van der Waals surface area contributed by atoms with Crippen LogP contribution >= 0.6 is 0 Å². The van der Waals surface area contributed by atoms with Gasteiger partial charge in [-0.25, -0.2) is 0 Å². The third-order valence-electron chi connectivity index (χ3n) is 3.11. The molecule has 0 saturated carbocycles. The first-order valence-electron chi connectivity index (χ1n) is 6.91. The molecule has 1 aliphatic heterocycles. The van der Waals surface area contributed by atoms with Crippen molar-refractivity contribution in [2.24, 2.45) is 4.99 Å². The fraction of sp³-hybridized carbons (Fsp3) is 0.692. The Morgan fingerprint density at radius 1 is 1.39 bits per heavy atom. The molecule has 0 atom stereocenters. The summed E-state index contributed by atoms with van der Waals surface area (Å²) in [4.78, 5) is 7.04. The third kappa shape index (κ3) is 3.75. The van der Waals surface area contributed by atoms with Gasteiger partial charge in [-0.3, -0.25) is 9.67 Å². The van der Waals surface area contributed by atoms with Gasteiger partial charge in [-0.1, -0.05) is 0 Å². The fourth-order valence-electron chi connectivity index (χ4n) is 2.21. The minimum absolute atomic E-state index is 0.860. The smallest absolute Gasteiger partial charge is 0.193 e. The second kappa shape index (κ2) is 7.03. The number of nitrogens with zero attached hydrogens (tertiary/aromatic N) is 4. The number of nitrogens with one attached hydrogen (secondary N) is 1. The molecule has 1 aromatic rings. The van der Waals surface area contributed by atoms with Gasteiger partial charge < -0.3 is 10.2 Å². The van der Waals surface area contributed by atoms with Crippen molar-refractivity contribution in [2.75, 3.05) is 26.2 Å². The first-order valence-corrected chi connectivity index (χ1v) is 6.91. The van der Waals surface area contributed by atoms with Gasteiger partial charge in [0, 0.05) is 45.1 Å². The summed E-state index contributed by atoms with van der Waals surface area (Å²) in [5, 5.41) is 7.56. The highest BCUT2D eigenvalue weighted by Crippen LogP contribution is 2.07. The van der Waals surface area contributed by atoms with E-state index in [2.05, 4.69) is 27.2 Å². The van der Waals surface area contributed by atoms with Crippen LogP contribution in [0.15, 0.2) is 23.5 Å². The zero-order chi connectivity index (χ0) is 12.6. The molecule has 18 heavy (non-hydrogen) atoms. The van der Waals surface area contributed by atoms with Gasteiger partial charge >= 0.3 is 0 Å². The lowest BCUT2D eigenvalue weighted by Crippen LogP contribution is -2.39. The van der Waals surface area contributed by atoms with E-state index in [-0.39, 0.29) is 0 Å². The van der Waals surface area contributed by atoms with E-state index in [0.29, 0.717) is 0 Å². The Labute approximate surface area is 109 Å². The summed E-state index contributed by atoms with van der Waals surface area (Å²) in [7, 11) is 0. The predicted molar refractivity (Wildman–Crippen MR) is 73.6 cm³/mol. The molecular weight excluding hydrogens is 226 g/mol. The Morgan fingerprint density at radius 3 is 2.89 bits per heavy atom. The van der Waals surface area contributed by atoms with Crippen molar-refractivity contribution in [3.05, 3.63) is 18.5 Å². The maximum absolute atomic E-state index is 4.69. The van der Waals surface area contributed by atoms with Crippen LogP contribution in [0.2, 0.25) is 0 Å². The molecule has 1 aliphatic rings. The van der Waals surface area contributed by atoms with Gasteiger partial charge in [-0.15, -0.1) is 0 Å². The molecular formula is C13H23N5. The average molecular weight is 249 g/mol. The third-order valence-corrected chi connectivity index (χ3v) is 3.11. The van der Waals surface area contributed by atoms with Gasteiger partial charge in [0.25, 0.3) is 0 Å². The van der Waals surface area contributed by atoms with E-state index >= 15 is 0 Å². The number of rotatable bonds is 5. The normalized spacial score (nSPS) is 16.3. The molecule has 1 aromatic heterocycles. The number of aryl methyl sites for hydroxylation is 1. The molecule has 0 spiro atoms. The van der Waals surface area contributed by atoms with E-state index < -0.39 is 0 Å². The summed E-state index contributed by atoms with van der Waals surface area (Å²) >= 11 is 0. The Balaban J connectivity index is 1.76. The van der Waals surface area contributed by atoms with Gasteiger partial charge in [-0.05, 0) is 32.3 Å². The summed E-state index contributed by atoms with van der Waals surface area (Å²) in [5.74, 6) is 1.08. The summed E-state index contributed by atoms with van der Waals surface area (Å²) in [5.41, 5.74) is 0. The number of guanidine groups is 1. The number of aliphatic imine (C=N–C) groups is 1. The van der Waals surface area contributed by atoms with Gasteiger partial charge in [0.2, 0.25) is 0 Å². The van der Waals surface area contributed by atoms with Crippen LogP contribution in [0, 0.1) is 0 Å². The molecule has 0 aliphatic carbocycles. The lowest BCUT2D eigenvalue weighted by atomic mass is 10.4. The van der Waals surface area contributed by atoms with E-state index in [1.165, 1.54) is 12.8 Å². The Bertz CT molecular complexity index is 351. The predicted octanol–water partition coefficient (Wildman–Crippen LogP) is 1.33. The van der Waals surface area contributed by atoms with E-state index in [0.717, 1.165) is 45.1 Å². The van der Waals surface area contributed by atoms with Gasteiger partial charge in [0.05, 0.1) is 0 Å². The quantitative estimate of drug-likeness (QED) is 0.486. The molecule has 0 bridgehead atoms. The first kappa shape index (κ1) is 12.9. The van der Waals surface area contributed by atoms with E-state index in [9.17, 15) is 0 Å². The Hall–Kier alpha value is -1.52. The summed E-state index contributed by atoms with van der Waals surface area (Å²) < 4.78 is 1.96. The highest BCUT2D eigenvalue weighted by atomic mass is 15.3. The van der Waals surface area contributed by atoms with Crippen LogP contribution in [0.1, 0.15) is 26.2 Å². The number of hydrogen-bond acceptors (Lipinski definition) is 2. The number of aromatic nitrogens is 2. The van der Waals surface area contributed by atoms with Gasteiger partial charge in [0.15, 0.2) is 5.96 Å². The van der Waals surface area contributed by atoms with Crippen LogP contribution in [-0.4, -0.2) is 46.8 Å². The van der Waals surface area contributed by atoms with E-state index in [1.54, 1.807) is 0 Å². The van der Waals surface area contributed by atoms with Crippen molar-refractivity contribution < 1.29 is 0 Å². The van der Waals surface area contributed by atoms with Crippen molar-refractivity contribution in [3.63, 3.8) is 0 Å². The first-order chi connectivity index (χ1) is 8.90. The van der Waals surface area contributed by atoms with Crippen LogP contribution in [0.3, 0.4) is 0 Å². The molecule has 1 saturated heterocycles. The molecule has 2 heterocycles. The van der Waals surface area contributed by atoms with Crippen LogP contribution in [-0.2, 0) is 6.54 Å². The van der Waals surface area contributed by atoms with Crippen molar-refractivity contribution in [2.45, 2.75) is 32.7 Å². The highest BCUT2D eigenvalue weighted by Gasteiger charge is 2.14. The summed E-state index contributed by atoms with van der Waals surface area (Å²) in [6, 6.07) is 1.96. The molecule has 5 nitrogen and oxygen atoms in total. The molecule has 100 valence electrons. The molecule has 5 heteroatoms. The topological polar surface area (TPSA) is 45.5 Å². The fourth-order valence-corrected chi connectivity index (χ4v) is 2.21. The van der Waals surface area contributed by atoms with Gasteiger partial charge in [0.1, 0.15) is 0 Å². The minimum atomic E-state index is 0.860. The number of likely N-dealkylation sites (tertiary alicyclic amines) is 1. The minimum Gasteiger partial charge on any atom is -0.357 e. The molecule has 0 unspecified atom stereocenters. The zero-order valence-corrected chi connectivity index (χ0v) is 11.2. The monoisotopic (exact) mass is 249 g/mol. The van der Waals surface area contributed by atoms with Crippen molar-refractivity contribution in [1.29, 1.82) is 0 Å². The SMILES string of the molecule is CCNC(=NCCCn1cccn1)N1CCCC1. The lowest BCUT2D eigenvalue weighted by molar-refractivity contribution is 0.491. The average Bonchev–Trinajstić information content (AvgIpc) is 3.05. The number of hydrogen-bond donors (Lipinski definition) is 1. The molecule has 0 amide bonds. The maximum atomic E-state index is 4.69. The van der Waals surface area contributed by atoms with Crippen LogP contribution in [0.4, 0.5) is 0 Å². The standard InChI is InChI=1S/C13H23N5/c1-2-14-13(17-9-3-4-10-17)15-7-5-11-18-12-6-8-16-18/h6,8,12H,2-5,7,9-11H2,1H3,(H,14,15). The summed E-state index contributed by atoms with van der Waals surface area (Å²) in [6.45, 7) is 7.15.